The van der Waals surface area contributed by atoms with E-state index in [0.29, 0.717) is 12.2 Å². The molecular formula is C13H19FN2O2S. The quantitative estimate of drug-likeness (QED) is 0.752. The van der Waals surface area contributed by atoms with Gasteiger partial charge in [-0.2, -0.15) is 11.8 Å². The van der Waals surface area contributed by atoms with Crippen LogP contribution in [0, 0.1) is 12.7 Å². The molecule has 3 N–H and O–H groups in total. The van der Waals surface area contributed by atoms with Crippen LogP contribution in [0.3, 0.4) is 0 Å². The lowest BCUT2D eigenvalue weighted by molar-refractivity contribution is 0.241. The van der Waals surface area contributed by atoms with E-state index in [1.54, 1.807) is 24.8 Å². The number of carbonyl (C=O) groups is 1. The van der Waals surface area contributed by atoms with Gasteiger partial charge in [-0.3, -0.25) is 0 Å². The van der Waals surface area contributed by atoms with Crippen molar-refractivity contribution in [2.45, 2.75) is 19.4 Å². The van der Waals surface area contributed by atoms with Crippen LogP contribution in [0.4, 0.5) is 14.9 Å². The molecule has 0 unspecified atom stereocenters. The molecule has 0 radical (unpaired) electrons. The van der Waals surface area contributed by atoms with Gasteiger partial charge in [-0.1, -0.05) is 6.07 Å². The Morgan fingerprint density at radius 3 is 2.84 bits per heavy atom. The zero-order chi connectivity index (χ0) is 14.3. The summed E-state index contributed by atoms with van der Waals surface area (Å²) in [5, 5.41) is 14.1. The van der Waals surface area contributed by atoms with Crippen molar-refractivity contribution in [3.05, 3.63) is 29.6 Å². The predicted molar refractivity (Wildman–Crippen MR) is 77.2 cm³/mol. The fourth-order valence-corrected chi connectivity index (χ4v) is 2.27. The monoisotopic (exact) mass is 286 g/mol. The van der Waals surface area contributed by atoms with Crippen LogP contribution in [-0.2, 0) is 0 Å². The van der Waals surface area contributed by atoms with E-state index >= 15 is 0 Å². The molecule has 0 saturated carbocycles. The molecule has 0 bridgehead atoms. The fraction of sp³-hybridized carbons (Fsp3) is 0.462. The Hall–Kier alpha value is -1.27. The lowest BCUT2D eigenvalue weighted by Gasteiger charge is -2.17. The molecule has 0 aromatic heterocycles. The Labute approximate surface area is 116 Å². The number of rotatable bonds is 6. The molecule has 0 heterocycles. The summed E-state index contributed by atoms with van der Waals surface area (Å²) >= 11 is 1.58. The molecule has 2 amide bonds. The third kappa shape index (κ3) is 5.48. The average molecular weight is 286 g/mol. The number of hydrogen-bond donors (Lipinski definition) is 3. The number of aliphatic hydroxyl groups is 1. The predicted octanol–water partition coefficient (Wildman–Crippen LogP) is 2.37. The number of anilines is 1. The van der Waals surface area contributed by atoms with Gasteiger partial charge in [0.2, 0.25) is 0 Å². The number of aryl methyl sites for hydroxylation is 1. The second kappa shape index (κ2) is 8.01. The summed E-state index contributed by atoms with van der Waals surface area (Å²) in [6.45, 7) is 1.78. The molecule has 4 nitrogen and oxygen atoms in total. The molecule has 106 valence electrons. The van der Waals surface area contributed by atoms with Crippen LogP contribution in [0.5, 0.6) is 0 Å². The fourth-order valence-electron chi connectivity index (χ4n) is 1.62. The molecule has 0 aliphatic rings. The molecular weight excluding hydrogens is 267 g/mol. The standard InChI is InChI=1S/C13H19FN2O2S/c1-9-3-4-12(11(14)7-9)16-13(18)15-10(5-6-17)8-19-2/h3-4,7,10,17H,5-6,8H2,1-2H3,(H2,15,16,18)/t10-/m1/s1. The van der Waals surface area contributed by atoms with Crippen LogP contribution in [0.25, 0.3) is 0 Å². The minimum Gasteiger partial charge on any atom is -0.396 e. The number of thioether (sulfide) groups is 1. The highest BCUT2D eigenvalue weighted by molar-refractivity contribution is 7.98. The SMILES string of the molecule is CSC[C@@H](CCO)NC(=O)Nc1ccc(C)cc1F. The van der Waals surface area contributed by atoms with E-state index < -0.39 is 11.8 Å². The normalized spacial score (nSPS) is 12.0. The van der Waals surface area contributed by atoms with Crippen LogP contribution in [0.1, 0.15) is 12.0 Å². The maximum absolute atomic E-state index is 13.6. The Kier molecular flexibility index (Phi) is 6.66. The average Bonchev–Trinajstić information content (AvgIpc) is 2.33. The minimum absolute atomic E-state index is 0.00436. The number of halogens is 1. The van der Waals surface area contributed by atoms with Gasteiger partial charge in [0.1, 0.15) is 5.82 Å². The second-order valence-electron chi connectivity index (χ2n) is 4.25. The number of amides is 2. The molecule has 1 aromatic carbocycles. The third-order valence-electron chi connectivity index (χ3n) is 2.55. The van der Waals surface area contributed by atoms with Crippen LogP contribution in [0.15, 0.2) is 18.2 Å². The van der Waals surface area contributed by atoms with Crippen molar-refractivity contribution >= 4 is 23.5 Å². The summed E-state index contributed by atoms with van der Waals surface area (Å²) in [5.41, 5.74) is 0.944. The van der Waals surface area contributed by atoms with Gasteiger partial charge in [0.25, 0.3) is 0 Å². The lowest BCUT2D eigenvalue weighted by Crippen LogP contribution is -2.40. The smallest absolute Gasteiger partial charge is 0.319 e. The highest BCUT2D eigenvalue weighted by Gasteiger charge is 2.12. The number of benzene rings is 1. The van der Waals surface area contributed by atoms with E-state index in [9.17, 15) is 9.18 Å². The number of urea groups is 1. The molecule has 6 heteroatoms. The molecule has 19 heavy (non-hydrogen) atoms. The first-order valence-electron chi connectivity index (χ1n) is 6.00. The van der Waals surface area contributed by atoms with Crippen molar-refractivity contribution < 1.29 is 14.3 Å². The van der Waals surface area contributed by atoms with E-state index in [1.165, 1.54) is 12.1 Å². The van der Waals surface area contributed by atoms with E-state index in [2.05, 4.69) is 10.6 Å². The van der Waals surface area contributed by atoms with Crippen molar-refractivity contribution in [2.75, 3.05) is 23.9 Å². The summed E-state index contributed by atoms with van der Waals surface area (Å²) in [6, 6.07) is 4.03. The van der Waals surface area contributed by atoms with Gasteiger partial charge in [0, 0.05) is 18.4 Å². The van der Waals surface area contributed by atoms with Gasteiger partial charge in [0.05, 0.1) is 5.69 Å². The molecule has 0 aliphatic carbocycles. The zero-order valence-electron chi connectivity index (χ0n) is 11.1. The summed E-state index contributed by atoms with van der Waals surface area (Å²) in [7, 11) is 0. The molecule has 0 fully saturated rings. The van der Waals surface area contributed by atoms with Crippen molar-refractivity contribution in [1.29, 1.82) is 0 Å². The van der Waals surface area contributed by atoms with Crippen LogP contribution in [-0.4, -0.2) is 35.8 Å². The first kappa shape index (κ1) is 15.8. The van der Waals surface area contributed by atoms with Crippen molar-refractivity contribution in [3.63, 3.8) is 0 Å². The van der Waals surface area contributed by atoms with Crippen LogP contribution >= 0.6 is 11.8 Å². The molecule has 0 spiro atoms. The molecule has 1 rings (SSSR count). The summed E-state index contributed by atoms with van der Waals surface area (Å²) in [4.78, 5) is 11.7. The van der Waals surface area contributed by atoms with Gasteiger partial charge in [-0.25, -0.2) is 9.18 Å². The highest BCUT2D eigenvalue weighted by Crippen LogP contribution is 2.15. The zero-order valence-corrected chi connectivity index (χ0v) is 11.9. The highest BCUT2D eigenvalue weighted by atomic mass is 32.2. The topological polar surface area (TPSA) is 61.4 Å². The molecule has 1 aromatic rings. The van der Waals surface area contributed by atoms with Crippen LogP contribution in [0.2, 0.25) is 0 Å². The first-order chi connectivity index (χ1) is 9.06. The maximum atomic E-state index is 13.6. The van der Waals surface area contributed by atoms with Gasteiger partial charge in [-0.05, 0) is 37.3 Å². The minimum atomic E-state index is -0.463. The Bertz CT molecular complexity index is 423. The maximum Gasteiger partial charge on any atom is 0.319 e. The third-order valence-corrected chi connectivity index (χ3v) is 3.29. The Balaban J connectivity index is 2.58. The second-order valence-corrected chi connectivity index (χ2v) is 5.16. The van der Waals surface area contributed by atoms with Gasteiger partial charge < -0.3 is 15.7 Å². The number of aliphatic hydroxyl groups excluding tert-OH is 1. The van der Waals surface area contributed by atoms with Crippen molar-refractivity contribution in [1.82, 2.24) is 5.32 Å². The summed E-state index contributed by atoms with van der Waals surface area (Å²) < 4.78 is 13.6. The van der Waals surface area contributed by atoms with E-state index in [0.717, 1.165) is 5.56 Å². The first-order valence-corrected chi connectivity index (χ1v) is 7.39. The summed E-state index contributed by atoms with van der Waals surface area (Å²) in [6.07, 6.45) is 2.40. The van der Waals surface area contributed by atoms with Crippen LogP contribution < -0.4 is 10.6 Å². The number of nitrogens with one attached hydrogen (secondary N) is 2. The number of carbonyl (C=O) groups excluding carboxylic acids is 1. The molecule has 1 atom stereocenters. The van der Waals surface area contributed by atoms with Gasteiger partial charge in [0.15, 0.2) is 0 Å². The largest absolute Gasteiger partial charge is 0.396 e. The van der Waals surface area contributed by atoms with E-state index in [1.807, 2.05) is 6.26 Å². The van der Waals surface area contributed by atoms with Crippen molar-refractivity contribution in [3.8, 4) is 0 Å². The lowest BCUT2D eigenvalue weighted by atomic mass is 10.2. The number of hydrogen-bond acceptors (Lipinski definition) is 3. The van der Waals surface area contributed by atoms with E-state index in [4.69, 9.17) is 5.11 Å². The Morgan fingerprint density at radius 1 is 1.53 bits per heavy atom. The Morgan fingerprint density at radius 2 is 2.26 bits per heavy atom. The van der Waals surface area contributed by atoms with E-state index in [-0.39, 0.29) is 18.3 Å². The summed E-state index contributed by atoms with van der Waals surface area (Å²) in [5.74, 6) is 0.239. The van der Waals surface area contributed by atoms with Gasteiger partial charge in [-0.15, -0.1) is 0 Å². The van der Waals surface area contributed by atoms with Gasteiger partial charge >= 0.3 is 6.03 Å². The molecule has 0 saturated heterocycles. The molecule has 0 aliphatic heterocycles. The van der Waals surface area contributed by atoms with Crippen molar-refractivity contribution in [2.24, 2.45) is 0 Å².